The van der Waals surface area contributed by atoms with Crippen LogP contribution in [0.3, 0.4) is 0 Å². The molecule has 1 fully saturated rings. The van der Waals surface area contributed by atoms with E-state index in [1.54, 1.807) is 18.4 Å². The normalized spacial score (nSPS) is 19.9. The van der Waals surface area contributed by atoms with Gasteiger partial charge in [-0.25, -0.2) is 8.42 Å². The quantitative estimate of drug-likeness (QED) is 0.229. The predicted molar refractivity (Wildman–Crippen MR) is 156 cm³/mol. The highest BCUT2D eigenvalue weighted by molar-refractivity contribution is 7.85. The Hall–Kier alpha value is -2.56. The minimum atomic E-state index is -4.26. The molecule has 1 N–H and O–H groups in total. The zero-order valence-corrected chi connectivity index (χ0v) is 24.5. The largest absolute Gasteiger partial charge is 0.748 e. The molecule has 1 saturated heterocycles. The number of allylic oxidation sites excluding steroid dienone is 2. The summed E-state index contributed by atoms with van der Waals surface area (Å²) in [7, 11) is -0.213. The summed E-state index contributed by atoms with van der Waals surface area (Å²) in [5, 5.41) is 1.02. The Morgan fingerprint density at radius 3 is 2.69 bits per heavy atom. The van der Waals surface area contributed by atoms with Crippen molar-refractivity contribution in [3.63, 3.8) is 0 Å². The number of benzene rings is 2. The zero-order valence-electron chi connectivity index (χ0n) is 22.9. The average molecular weight is 570 g/mol. The molecule has 5 rings (SSSR count). The summed E-state index contributed by atoms with van der Waals surface area (Å²) >= 11 is 1.66. The summed E-state index contributed by atoms with van der Waals surface area (Å²) in [6.07, 6.45) is 12.2. The van der Waals surface area contributed by atoms with E-state index >= 15 is 0 Å². The summed E-state index contributed by atoms with van der Waals surface area (Å²) < 4.78 is 43.7. The fourth-order valence-electron chi connectivity index (χ4n) is 5.96. The molecule has 3 heterocycles. The van der Waals surface area contributed by atoms with Crippen LogP contribution in [0, 0.1) is 0 Å². The number of para-hydroxylation sites is 1. The predicted octanol–water partition coefficient (Wildman–Crippen LogP) is 3.74. The molecule has 2 aliphatic rings. The number of quaternary nitrogens is 2. The lowest BCUT2D eigenvalue weighted by atomic mass is 9.99. The van der Waals surface area contributed by atoms with Crippen LogP contribution in [0.1, 0.15) is 42.7 Å². The van der Waals surface area contributed by atoms with Crippen LogP contribution in [-0.4, -0.2) is 63.5 Å². The van der Waals surface area contributed by atoms with Crippen molar-refractivity contribution in [1.29, 1.82) is 0 Å². The number of likely N-dealkylation sites (tertiary alicyclic amines) is 1. The molecule has 1 aromatic heterocycles. The van der Waals surface area contributed by atoms with Gasteiger partial charge in [-0.2, -0.15) is 4.57 Å². The fourth-order valence-corrected chi connectivity index (χ4v) is 7.56. The number of nitrogens with one attached hydrogen (secondary N) is 1. The van der Waals surface area contributed by atoms with E-state index in [1.807, 2.05) is 18.2 Å². The summed E-state index contributed by atoms with van der Waals surface area (Å²) in [4.78, 5) is 1.39. The van der Waals surface area contributed by atoms with Crippen molar-refractivity contribution in [3.8, 4) is 5.75 Å². The Bertz CT molecular complexity index is 1490. The maximum atomic E-state index is 11.3. The van der Waals surface area contributed by atoms with Crippen molar-refractivity contribution in [3.05, 3.63) is 65.3 Å². The summed E-state index contributed by atoms with van der Waals surface area (Å²) in [6.45, 7) is 5.34. The minimum absolute atomic E-state index is 0.261. The van der Waals surface area contributed by atoms with Crippen molar-refractivity contribution in [2.75, 3.05) is 46.1 Å². The molecule has 0 saturated carbocycles. The van der Waals surface area contributed by atoms with E-state index in [0.717, 1.165) is 33.1 Å². The van der Waals surface area contributed by atoms with E-state index in [0.29, 0.717) is 6.54 Å². The van der Waals surface area contributed by atoms with Gasteiger partial charge in [-0.05, 0) is 37.5 Å². The number of ether oxygens (including phenoxy) is 1. The molecule has 1 atom stereocenters. The molecule has 208 valence electrons. The van der Waals surface area contributed by atoms with Gasteiger partial charge in [-0.15, -0.1) is 0 Å². The number of hydrogen-bond acceptors (Lipinski definition) is 5. The van der Waals surface area contributed by atoms with Crippen LogP contribution in [0.15, 0.2) is 54.7 Å². The maximum Gasteiger partial charge on any atom is 0.263 e. The van der Waals surface area contributed by atoms with Gasteiger partial charge in [0.1, 0.15) is 16.1 Å². The lowest BCUT2D eigenvalue weighted by Gasteiger charge is -2.38. The molecule has 3 aromatic rings. The summed E-state index contributed by atoms with van der Waals surface area (Å²) in [5.74, 6) is 0.364. The van der Waals surface area contributed by atoms with Crippen LogP contribution >= 0.6 is 11.3 Å². The van der Waals surface area contributed by atoms with Gasteiger partial charge in [0.15, 0.2) is 6.54 Å². The van der Waals surface area contributed by atoms with Gasteiger partial charge in [0.05, 0.1) is 62.7 Å². The smallest absolute Gasteiger partial charge is 0.263 e. The van der Waals surface area contributed by atoms with Crippen LogP contribution in [0.25, 0.3) is 21.9 Å². The first-order valence-corrected chi connectivity index (χ1v) is 16.3. The van der Waals surface area contributed by atoms with Crippen molar-refractivity contribution >= 4 is 49.0 Å². The summed E-state index contributed by atoms with van der Waals surface area (Å²) in [6, 6.07) is 14.6. The Balaban J connectivity index is 1.42. The number of thiazole rings is 1. The second-order valence-electron chi connectivity index (χ2n) is 11.0. The van der Waals surface area contributed by atoms with Gasteiger partial charge >= 0.3 is 0 Å². The number of nitrogens with zero attached hydrogens (tertiary/aromatic N) is 2. The molecule has 2 aromatic carbocycles. The van der Waals surface area contributed by atoms with E-state index in [1.165, 1.54) is 66.0 Å². The molecular formula is C30H39N3O4S2+2. The Labute approximate surface area is 236 Å². The molecule has 0 spiro atoms. The molecular weight excluding hydrogens is 530 g/mol. The number of hydrogen-bond donors (Lipinski definition) is 1. The Kier molecular flexibility index (Phi) is 8.54. The second kappa shape index (κ2) is 11.9. The average Bonchev–Trinajstić information content (AvgIpc) is 3.25. The van der Waals surface area contributed by atoms with Crippen LogP contribution in [0.2, 0.25) is 0 Å². The highest BCUT2D eigenvalue weighted by atomic mass is 32.2. The molecule has 7 nitrogen and oxygen atoms in total. The molecule has 2 aliphatic heterocycles. The van der Waals surface area contributed by atoms with Crippen LogP contribution in [-0.2, 0) is 16.7 Å². The number of rotatable bonds is 10. The number of methoxy groups -OCH3 is 1. The topological polar surface area (TPSA) is 74.8 Å². The van der Waals surface area contributed by atoms with E-state index in [9.17, 15) is 13.0 Å². The fraction of sp³-hybridized carbons (Fsp3) is 0.433. The molecule has 0 bridgehead atoms. The van der Waals surface area contributed by atoms with Gasteiger partial charge in [-0.1, -0.05) is 23.5 Å². The van der Waals surface area contributed by atoms with Crippen molar-refractivity contribution in [1.82, 2.24) is 0 Å². The number of fused-ring (bicyclic) bond motifs is 2. The number of aromatic nitrogens is 1. The first-order valence-electron chi connectivity index (χ1n) is 13.9. The monoisotopic (exact) mass is 569 g/mol. The molecule has 39 heavy (non-hydrogen) atoms. The Morgan fingerprint density at radius 1 is 1.13 bits per heavy atom. The van der Waals surface area contributed by atoms with Crippen molar-refractivity contribution in [2.24, 2.45) is 0 Å². The standard InChI is InChI=1S/C30H38N3O4S2/c1-33(18-6-3-7-19-33)20-8-15-31-17-14-24(26-10-4-5-11-27(26)31)22-30-32(16-9-21-39(34,35)36)28-23-25(37-2)12-13-29(28)38-30/h4-5,10-14,17,22-23H,3,6-9,15-16,18-21H2,1-2H3/q+1/p+1. The molecule has 0 amide bonds. The maximum absolute atomic E-state index is 11.3. The number of piperidine rings is 1. The highest BCUT2D eigenvalue weighted by Crippen LogP contribution is 2.31. The molecule has 9 heteroatoms. The van der Waals surface area contributed by atoms with E-state index < -0.39 is 10.1 Å². The third-order valence-electron chi connectivity index (χ3n) is 8.08. The summed E-state index contributed by atoms with van der Waals surface area (Å²) in [5.41, 5.74) is 4.62. The van der Waals surface area contributed by atoms with Gasteiger partial charge in [0.25, 0.3) is 5.01 Å². The van der Waals surface area contributed by atoms with Gasteiger partial charge < -0.3 is 13.8 Å². The van der Waals surface area contributed by atoms with E-state index in [2.05, 4.69) is 54.2 Å². The van der Waals surface area contributed by atoms with E-state index in [-0.39, 0.29) is 12.2 Å². The first-order chi connectivity index (χ1) is 18.7. The molecule has 0 aliphatic carbocycles. The second-order valence-corrected chi connectivity index (χ2v) is 13.6. The van der Waals surface area contributed by atoms with Gasteiger partial charge in [-0.3, -0.25) is 4.90 Å². The third kappa shape index (κ3) is 6.78. The van der Waals surface area contributed by atoms with Gasteiger partial charge in [0.2, 0.25) is 5.52 Å². The number of aryl methyl sites for hydroxylation is 1. The third-order valence-corrected chi connectivity index (χ3v) is 9.98. The zero-order chi connectivity index (χ0) is 27.5. The van der Waals surface area contributed by atoms with E-state index in [4.69, 9.17) is 4.74 Å². The highest BCUT2D eigenvalue weighted by Gasteiger charge is 2.27. The molecule has 1 unspecified atom stereocenters. The van der Waals surface area contributed by atoms with Crippen LogP contribution < -0.4 is 14.2 Å². The SMILES string of the molecule is COc1ccc2sc(C=C3C=C[NH+](CCC[N+]4(C)CCCCC4)c4ccccc43)[n+](CCCS(=O)(=O)[O-])c2c1. The van der Waals surface area contributed by atoms with Crippen LogP contribution in [0.4, 0.5) is 5.69 Å². The van der Waals surface area contributed by atoms with Crippen molar-refractivity contribution < 1.29 is 31.7 Å². The first kappa shape index (κ1) is 28.0. The lowest BCUT2D eigenvalue weighted by Crippen LogP contribution is -3.03. The van der Waals surface area contributed by atoms with Crippen molar-refractivity contribution in [2.45, 2.75) is 38.6 Å². The van der Waals surface area contributed by atoms with Gasteiger partial charge in [0, 0.05) is 47.9 Å². The Morgan fingerprint density at radius 2 is 1.92 bits per heavy atom. The van der Waals surface area contributed by atoms with Crippen LogP contribution in [0.5, 0.6) is 5.75 Å². The minimum Gasteiger partial charge on any atom is -0.748 e. The molecule has 0 radical (unpaired) electrons. The lowest BCUT2D eigenvalue weighted by molar-refractivity contribution is -0.916.